The number of rotatable bonds is 7. The number of carbonyl (C=O) groups excluding carboxylic acids is 2. The van der Waals surface area contributed by atoms with Crippen LogP contribution in [0.5, 0.6) is 5.75 Å². The molecule has 1 aliphatic heterocycles. The third-order valence-corrected chi connectivity index (χ3v) is 8.71. The highest BCUT2D eigenvalue weighted by atomic mass is 32.1. The number of hydrogen-bond acceptors (Lipinski definition) is 9. The normalized spacial score (nSPS) is 21.5. The first kappa shape index (κ1) is 30.1. The van der Waals surface area contributed by atoms with Crippen LogP contribution in [0.1, 0.15) is 85.5 Å². The van der Waals surface area contributed by atoms with Gasteiger partial charge in [-0.15, -0.1) is 11.3 Å². The van der Waals surface area contributed by atoms with Gasteiger partial charge < -0.3 is 19.5 Å². The molecular formula is C30H39N3O5S2. The molecule has 3 atom stereocenters. The summed E-state index contributed by atoms with van der Waals surface area (Å²) in [6.45, 7) is 13.4. The number of amides is 1. The van der Waals surface area contributed by atoms with Crippen molar-refractivity contribution in [3.63, 3.8) is 0 Å². The SMILES string of the molecule is COc1cc(C(=O)N2[C@@H](c3ncc(C)s3)[C@@H](CO)C[C@@]2(Cc2ccsn2)C(=O)OC(C)(C)C)ccc1C(C)(C)C. The first-order valence-corrected chi connectivity index (χ1v) is 15.0. The third-order valence-electron chi connectivity index (χ3n) is 7.13. The number of aliphatic hydroxyl groups is 1. The summed E-state index contributed by atoms with van der Waals surface area (Å²) < 4.78 is 16.2. The van der Waals surface area contributed by atoms with Crippen molar-refractivity contribution in [1.29, 1.82) is 0 Å². The van der Waals surface area contributed by atoms with Gasteiger partial charge in [-0.1, -0.05) is 26.8 Å². The van der Waals surface area contributed by atoms with Crippen LogP contribution in [-0.2, 0) is 21.4 Å². The molecule has 1 amide bonds. The summed E-state index contributed by atoms with van der Waals surface area (Å²) in [4.78, 5) is 36.1. The highest BCUT2D eigenvalue weighted by Gasteiger charge is 2.60. The van der Waals surface area contributed by atoms with Crippen LogP contribution in [0.4, 0.5) is 0 Å². The molecule has 1 saturated heterocycles. The highest BCUT2D eigenvalue weighted by molar-refractivity contribution is 7.11. The van der Waals surface area contributed by atoms with Gasteiger partial charge in [-0.05, 0) is 74.8 Å². The number of esters is 1. The summed E-state index contributed by atoms with van der Waals surface area (Å²) in [7, 11) is 1.59. The highest BCUT2D eigenvalue weighted by Crippen LogP contribution is 2.51. The molecule has 0 unspecified atom stereocenters. The number of likely N-dealkylation sites (tertiary alicyclic amines) is 1. The van der Waals surface area contributed by atoms with Crippen LogP contribution in [0.2, 0.25) is 0 Å². The Hall–Kier alpha value is -2.82. The number of aliphatic hydroxyl groups excluding tert-OH is 1. The second-order valence-electron chi connectivity index (χ2n) is 12.4. The van der Waals surface area contributed by atoms with Crippen molar-refractivity contribution in [2.45, 2.75) is 83.9 Å². The van der Waals surface area contributed by atoms with Gasteiger partial charge in [-0.25, -0.2) is 9.78 Å². The van der Waals surface area contributed by atoms with Gasteiger partial charge >= 0.3 is 5.97 Å². The quantitative estimate of drug-likeness (QED) is 0.353. The molecule has 0 bridgehead atoms. The molecule has 216 valence electrons. The van der Waals surface area contributed by atoms with Crippen LogP contribution < -0.4 is 4.74 Å². The van der Waals surface area contributed by atoms with E-state index in [0.29, 0.717) is 22.0 Å². The van der Waals surface area contributed by atoms with E-state index in [1.807, 2.05) is 45.2 Å². The Bertz CT molecular complexity index is 1360. The number of benzene rings is 1. The number of aryl methyl sites for hydroxylation is 1. The van der Waals surface area contributed by atoms with Gasteiger partial charge in [0.15, 0.2) is 0 Å². The molecule has 1 fully saturated rings. The molecule has 0 radical (unpaired) electrons. The fourth-order valence-electron chi connectivity index (χ4n) is 5.42. The molecule has 2 aromatic heterocycles. The smallest absolute Gasteiger partial charge is 0.333 e. The van der Waals surface area contributed by atoms with E-state index in [2.05, 4.69) is 30.1 Å². The summed E-state index contributed by atoms with van der Waals surface area (Å²) in [5.41, 5.74) is -0.368. The molecule has 1 aromatic carbocycles. The average molecular weight is 586 g/mol. The van der Waals surface area contributed by atoms with E-state index in [1.165, 1.54) is 22.9 Å². The maximum absolute atomic E-state index is 14.7. The molecule has 0 saturated carbocycles. The van der Waals surface area contributed by atoms with Crippen molar-refractivity contribution in [3.05, 3.63) is 62.5 Å². The van der Waals surface area contributed by atoms with Crippen molar-refractivity contribution >= 4 is 34.7 Å². The molecule has 3 heterocycles. The molecule has 0 spiro atoms. The topological polar surface area (TPSA) is 102 Å². The molecule has 10 heteroatoms. The second-order valence-corrected chi connectivity index (χ2v) is 14.4. The predicted octanol–water partition coefficient (Wildman–Crippen LogP) is 5.73. The van der Waals surface area contributed by atoms with E-state index in [1.54, 1.807) is 30.3 Å². The van der Waals surface area contributed by atoms with Crippen molar-refractivity contribution in [2.24, 2.45) is 5.92 Å². The Balaban J connectivity index is 1.94. The molecule has 40 heavy (non-hydrogen) atoms. The number of ether oxygens (including phenoxy) is 2. The fourth-order valence-corrected chi connectivity index (χ4v) is 6.92. The van der Waals surface area contributed by atoms with Crippen molar-refractivity contribution in [2.75, 3.05) is 13.7 Å². The lowest BCUT2D eigenvalue weighted by molar-refractivity contribution is -0.167. The van der Waals surface area contributed by atoms with Gasteiger partial charge in [0.25, 0.3) is 5.91 Å². The summed E-state index contributed by atoms with van der Waals surface area (Å²) >= 11 is 2.75. The average Bonchev–Trinajstić information content (AvgIpc) is 3.61. The third kappa shape index (κ3) is 5.94. The Kier molecular flexibility index (Phi) is 8.45. The van der Waals surface area contributed by atoms with Gasteiger partial charge in [-0.3, -0.25) is 4.79 Å². The molecule has 1 aliphatic rings. The van der Waals surface area contributed by atoms with Crippen molar-refractivity contribution in [3.8, 4) is 5.75 Å². The number of thiazole rings is 1. The lowest BCUT2D eigenvalue weighted by atomic mass is 9.85. The van der Waals surface area contributed by atoms with E-state index in [4.69, 9.17) is 9.47 Å². The number of methoxy groups -OCH3 is 1. The van der Waals surface area contributed by atoms with Gasteiger partial charge in [0.1, 0.15) is 21.9 Å². The molecule has 8 nitrogen and oxygen atoms in total. The van der Waals surface area contributed by atoms with Crippen LogP contribution in [0.3, 0.4) is 0 Å². The number of aromatic nitrogens is 2. The molecule has 0 aliphatic carbocycles. The minimum Gasteiger partial charge on any atom is -0.496 e. The molecule has 3 aromatic rings. The van der Waals surface area contributed by atoms with Crippen LogP contribution >= 0.6 is 22.9 Å². The van der Waals surface area contributed by atoms with Gasteiger partial charge in [0.05, 0.1) is 18.8 Å². The van der Waals surface area contributed by atoms with Crippen LogP contribution in [0.15, 0.2) is 35.8 Å². The monoisotopic (exact) mass is 585 g/mol. The number of hydrogen-bond donors (Lipinski definition) is 1. The van der Waals surface area contributed by atoms with Crippen molar-refractivity contribution < 1.29 is 24.2 Å². The Morgan fingerprint density at radius 2 is 1.90 bits per heavy atom. The van der Waals surface area contributed by atoms with Crippen LogP contribution in [0.25, 0.3) is 0 Å². The van der Waals surface area contributed by atoms with Gasteiger partial charge in [0, 0.05) is 41.0 Å². The zero-order chi connectivity index (χ0) is 29.5. The van der Waals surface area contributed by atoms with E-state index in [9.17, 15) is 14.7 Å². The van der Waals surface area contributed by atoms with E-state index < -0.39 is 29.1 Å². The van der Waals surface area contributed by atoms with E-state index in [0.717, 1.165) is 10.4 Å². The fraction of sp³-hybridized carbons (Fsp3) is 0.533. The minimum absolute atomic E-state index is 0.158. The predicted molar refractivity (Wildman–Crippen MR) is 157 cm³/mol. The zero-order valence-corrected chi connectivity index (χ0v) is 26.1. The maximum atomic E-state index is 14.7. The Morgan fingerprint density at radius 3 is 2.42 bits per heavy atom. The number of nitrogens with zero attached hydrogens (tertiary/aromatic N) is 3. The minimum atomic E-state index is -1.41. The summed E-state index contributed by atoms with van der Waals surface area (Å²) in [5.74, 6) is -0.709. The first-order valence-electron chi connectivity index (χ1n) is 13.4. The standard InChI is InChI=1S/C30H39N3O5S2/c1-18-16-31-25(40-18)24-20(17-34)14-30(15-21-11-12-39-32-21,27(36)38-29(5,6)7)33(24)26(35)19-9-10-22(28(2,3)4)23(13-19)37-8/h9-13,16,20,24,34H,14-15,17H2,1-8H3/t20-,24-,30-/m1/s1. The summed E-state index contributed by atoms with van der Waals surface area (Å²) in [6.07, 6.45) is 2.13. The lowest BCUT2D eigenvalue weighted by Gasteiger charge is -2.40. The maximum Gasteiger partial charge on any atom is 0.333 e. The zero-order valence-electron chi connectivity index (χ0n) is 24.5. The second kappa shape index (κ2) is 11.2. The van der Waals surface area contributed by atoms with Gasteiger partial charge in [-0.2, -0.15) is 4.37 Å². The summed E-state index contributed by atoms with van der Waals surface area (Å²) in [5, 5.41) is 13.1. The molecular weight excluding hydrogens is 546 g/mol. The molecule has 1 N–H and O–H groups in total. The summed E-state index contributed by atoms with van der Waals surface area (Å²) in [6, 6.07) is 6.65. The largest absolute Gasteiger partial charge is 0.496 e. The Morgan fingerprint density at radius 1 is 1.18 bits per heavy atom. The van der Waals surface area contributed by atoms with Crippen molar-refractivity contribution in [1.82, 2.24) is 14.3 Å². The number of carbonyl (C=O) groups is 2. The lowest BCUT2D eigenvalue weighted by Crippen LogP contribution is -2.57. The van der Waals surface area contributed by atoms with Crippen LogP contribution in [0, 0.1) is 12.8 Å². The van der Waals surface area contributed by atoms with E-state index in [-0.39, 0.29) is 30.8 Å². The van der Waals surface area contributed by atoms with Crippen LogP contribution in [-0.4, -0.2) is 56.1 Å². The van der Waals surface area contributed by atoms with E-state index >= 15 is 0 Å². The Labute approximate surface area is 244 Å². The molecule has 4 rings (SSSR count). The van der Waals surface area contributed by atoms with Gasteiger partial charge in [0.2, 0.25) is 0 Å². The first-order chi connectivity index (χ1) is 18.7.